The molecule has 2 heterocycles. The lowest BCUT2D eigenvalue weighted by molar-refractivity contribution is 0.102. The number of hydrogen-bond donors (Lipinski definition) is 2. The molecule has 0 saturated heterocycles. The number of amides is 1. The largest absolute Gasteiger partial charge is 0.397 e. The third-order valence-electron chi connectivity index (χ3n) is 2.92. The number of anilines is 2. The van der Waals surface area contributed by atoms with Crippen LogP contribution < -0.4 is 11.1 Å². The molecule has 0 aliphatic heterocycles. The number of nitrogens with zero attached hydrogens (tertiary/aromatic N) is 2. The molecule has 0 unspecified atom stereocenters. The number of nitrogens with one attached hydrogen (secondary N) is 1. The molecule has 0 fully saturated rings. The number of carbonyl (C=O) groups is 1. The monoisotopic (exact) mass is 330 g/mol. The molecule has 100 valence electrons. The summed E-state index contributed by atoms with van der Waals surface area (Å²) in [5.74, 6) is -0.285. The number of imidazole rings is 1. The van der Waals surface area contributed by atoms with E-state index in [-0.39, 0.29) is 5.91 Å². The van der Waals surface area contributed by atoms with Gasteiger partial charge < -0.3 is 15.5 Å². The van der Waals surface area contributed by atoms with Gasteiger partial charge in [-0.1, -0.05) is 12.1 Å². The van der Waals surface area contributed by atoms with Crippen LogP contribution in [0, 0.1) is 0 Å². The summed E-state index contributed by atoms with van der Waals surface area (Å²) < 4.78 is 2.70. The number of aromatic nitrogens is 2. The van der Waals surface area contributed by atoms with Crippen molar-refractivity contribution in [3.8, 4) is 0 Å². The molecule has 3 N–H and O–H groups in total. The molecule has 0 saturated carbocycles. The van der Waals surface area contributed by atoms with Crippen molar-refractivity contribution in [1.29, 1.82) is 0 Å². The highest BCUT2D eigenvalue weighted by Crippen LogP contribution is 2.20. The van der Waals surface area contributed by atoms with Gasteiger partial charge in [-0.2, -0.15) is 0 Å². The number of pyridine rings is 1. The van der Waals surface area contributed by atoms with E-state index in [1.54, 1.807) is 22.9 Å². The first-order valence-corrected chi connectivity index (χ1v) is 6.72. The predicted molar refractivity (Wildman–Crippen MR) is 81.7 cm³/mol. The predicted octanol–water partition coefficient (Wildman–Crippen LogP) is 2.93. The zero-order valence-electron chi connectivity index (χ0n) is 10.4. The van der Waals surface area contributed by atoms with E-state index in [2.05, 4.69) is 26.2 Å². The molecule has 0 aliphatic rings. The van der Waals surface area contributed by atoms with E-state index >= 15 is 0 Å². The Bertz CT molecular complexity index is 797. The summed E-state index contributed by atoms with van der Waals surface area (Å²) >= 11 is 3.38. The van der Waals surface area contributed by atoms with Gasteiger partial charge in [0.25, 0.3) is 5.91 Å². The quantitative estimate of drug-likeness (QED) is 0.709. The molecule has 0 aliphatic carbocycles. The molecule has 20 heavy (non-hydrogen) atoms. The van der Waals surface area contributed by atoms with E-state index in [1.165, 1.54) is 0 Å². The number of halogens is 1. The standard InChI is InChI=1S/C14H11BrN4O/c15-9-5-6-12-13(17-8-19(12)7-9)14(20)18-11-4-2-1-3-10(11)16/h1-8H,16H2,(H,18,20). The highest BCUT2D eigenvalue weighted by atomic mass is 79.9. The molecular weight excluding hydrogens is 320 g/mol. The van der Waals surface area contributed by atoms with Crippen molar-refractivity contribution in [3.63, 3.8) is 0 Å². The van der Waals surface area contributed by atoms with Gasteiger partial charge >= 0.3 is 0 Å². The highest BCUT2D eigenvalue weighted by Gasteiger charge is 2.14. The zero-order valence-corrected chi connectivity index (χ0v) is 12.0. The Morgan fingerprint density at radius 3 is 2.85 bits per heavy atom. The van der Waals surface area contributed by atoms with Gasteiger partial charge in [-0.15, -0.1) is 0 Å². The van der Waals surface area contributed by atoms with Crippen molar-refractivity contribution in [2.24, 2.45) is 0 Å². The molecular formula is C14H11BrN4O. The van der Waals surface area contributed by atoms with E-state index in [0.29, 0.717) is 17.1 Å². The SMILES string of the molecule is Nc1ccccc1NC(=O)c1ncn2cc(Br)ccc12. The van der Waals surface area contributed by atoms with Crippen LogP contribution in [-0.2, 0) is 0 Å². The van der Waals surface area contributed by atoms with E-state index in [4.69, 9.17) is 5.73 Å². The van der Waals surface area contributed by atoms with Gasteiger partial charge in [0.05, 0.1) is 16.9 Å². The van der Waals surface area contributed by atoms with Crippen molar-refractivity contribution >= 4 is 38.7 Å². The van der Waals surface area contributed by atoms with Gasteiger partial charge in [0.1, 0.15) is 6.33 Å². The first-order chi connectivity index (χ1) is 9.65. The topological polar surface area (TPSA) is 72.4 Å². The molecule has 3 aromatic rings. The van der Waals surface area contributed by atoms with Crippen molar-refractivity contribution in [1.82, 2.24) is 9.38 Å². The van der Waals surface area contributed by atoms with E-state index in [1.807, 2.05) is 30.5 Å². The molecule has 6 heteroatoms. The Morgan fingerprint density at radius 1 is 1.25 bits per heavy atom. The van der Waals surface area contributed by atoms with Crippen LogP contribution in [0.2, 0.25) is 0 Å². The normalized spacial score (nSPS) is 10.7. The number of hydrogen-bond acceptors (Lipinski definition) is 3. The Balaban J connectivity index is 1.95. The van der Waals surface area contributed by atoms with Crippen LogP contribution in [0.5, 0.6) is 0 Å². The molecule has 1 aromatic carbocycles. The van der Waals surface area contributed by atoms with Crippen LogP contribution >= 0.6 is 15.9 Å². The van der Waals surface area contributed by atoms with Crippen LogP contribution in [0.4, 0.5) is 11.4 Å². The fraction of sp³-hybridized carbons (Fsp3) is 0. The van der Waals surface area contributed by atoms with Crippen LogP contribution in [-0.4, -0.2) is 15.3 Å². The lowest BCUT2D eigenvalue weighted by Gasteiger charge is -2.06. The highest BCUT2D eigenvalue weighted by molar-refractivity contribution is 9.10. The summed E-state index contributed by atoms with van der Waals surface area (Å²) in [6.45, 7) is 0. The third kappa shape index (κ3) is 2.25. The Labute approximate surface area is 123 Å². The molecule has 0 spiro atoms. The number of benzene rings is 1. The van der Waals surface area contributed by atoms with Crippen molar-refractivity contribution in [2.45, 2.75) is 0 Å². The lowest BCUT2D eigenvalue weighted by Crippen LogP contribution is -2.14. The minimum Gasteiger partial charge on any atom is -0.397 e. The summed E-state index contributed by atoms with van der Waals surface area (Å²) in [6.07, 6.45) is 3.44. The van der Waals surface area contributed by atoms with Crippen molar-refractivity contribution in [3.05, 3.63) is 59.1 Å². The first kappa shape index (κ1) is 12.7. The second-order valence-electron chi connectivity index (χ2n) is 4.27. The first-order valence-electron chi connectivity index (χ1n) is 5.93. The molecule has 0 radical (unpaired) electrons. The van der Waals surface area contributed by atoms with Crippen LogP contribution in [0.15, 0.2) is 53.4 Å². The maximum absolute atomic E-state index is 12.3. The lowest BCUT2D eigenvalue weighted by atomic mass is 10.2. The number of rotatable bonds is 2. The molecule has 5 nitrogen and oxygen atoms in total. The van der Waals surface area contributed by atoms with E-state index in [9.17, 15) is 4.79 Å². The van der Waals surface area contributed by atoms with Gasteiger partial charge in [-0.25, -0.2) is 4.98 Å². The molecule has 2 aromatic heterocycles. The summed E-state index contributed by atoms with van der Waals surface area (Å²) in [7, 11) is 0. The fourth-order valence-corrected chi connectivity index (χ4v) is 2.29. The number of nitrogen functional groups attached to an aromatic ring is 1. The maximum atomic E-state index is 12.3. The third-order valence-corrected chi connectivity index (χ3v) is 3.39. The van der Waals surface area contributed by atoms with Crippen LogP contribution in [0.1, 0.15) is 10.5 Å². The average molecular weight is 331 g/mol. The van der Waals surface area contributed by atoms with Gasteiger partial charge in [0.2, 0.25) is 0 Å². The van der Waals surface area contributed by atoms with Crippen LogP contribution in [0.25, 0.3) is 5.52 Å². The number of para-hydroxylation sites is 2. The summed E-state index contributed by atoms with van der Waals surface area (Å²) in [4.78, 5) is 16.4. The maximum Gasteiger partial charge on any atom is 0.276 e. The van der Waals surface area contributed by atoms with E-state index < -0.39 is 0 Å². The van der Waals surface area contributed by atoms with Gasteiger partial charge in [0.15, 0.2) is 5.69 Å². The van der Waals surface area contributed by atoms with Crippen molar-refractivity contribution < 1.29 is 4.79 Å². The second kappa shape index (κ2) is 4.97. The summed E-state index contributed by atoms with van der Waals surface area (Å²) in [5.41, 5.74) is 8.01. The Morgan fingerprint density at radius 2 is 2.05 bits per heavy atom. The summed E-state index contributed by atoms with van der Waals surface area (Å²) in [6, 6.07) is 10.8. The smallest absolute Gasteiger partial charge is 0.276 e. The molecule has 3 rings (SSSR count). The minimum atomic E-state index is -0.285. The van der Waals surface area contributed by atoms with Crippen molar-refractivity contribution in [2.75, 3.05) is 11.1 Å². The second-order valence-corrected chi connectivity index (χ2v) is 5.19. The van der Waals surface area contributed by atoms with Gasteiger partial charge in [-0.05, 0) is 40.2 Å². The number of carbonyl (C=O) groups excluding carboxylic acids is 1. The van der Waals surface area contributed by atoms with Gasteiger partial charge in [-0.3, -0.25) is 4.79 Å². The van der Waals surface area contributed by atoms with E-state index in [0.717, 1.165) is 9.99 Å². The molecule has 1 amide bonds. The molecule has 0 atom stereocenters. The number of nitrogens with two attached hydrogens (primary N) is 1. The average Bonchev–Trinajstić information content (AvgIpc) is 2.84. The number of fused-ring (bicyclic) bond motifs is 1. The Hall–Kier alpha value is -2.34. The zero-order chi connectivity index (χ0) is 14.1. The molecule has 0 bridgehead atoms. The fourth-order valence-electron chi connectivity index (χ4n) is 1.94. The van der Waals surface area contributed by atoms with Crippen LogP contribution in [0.3, 0.4) is 0 Å². The Kier molecular flexibility index (Phi) is 3.15. The van der Waals surface area contributed by atoms with Gasteiger partial charge in [0, 0.05) is 10.7 Å². The minimum absolute atomic E-state index is 0.285. The summed E-state index contributed by atoms with van der Waals surface area (Å²) in [5, 5.41) is 2.77.